The van der Waals surface area contributed by atoms with Gasteiger partial charge in [0, 0.05) is 12.3 Å². The highest BCUT2D eigenvalue weighted by molar-refractivity contribution is 5.87. The fraction of sp³-hybridized carbons (Fsp3) is 0.857. The first-order valence-electron chi connectivity index (χ1n) is 3.57. The van der Waals surface area contributed by atoms with E-state index < -0.39 is 0 Å². The Morgan fingerprint density at radius 2 is 2.60 bits per heavy atom. The summed E-state index contributed by atoms with van der Waals surface area (Å²) in [6, 6.07) is 0. The third kappa shape index (κ3) is 1.48. The minimum atomic E-state index is 0.157. The van der Waals surface area contributed by atoms with Crippen LogP contribution in [0.15, 0.2) is 5.16 Å². The largest absolute Gasteiger partial charge is 0.396 e. The molecule has 0 aliphatic carbocycles. The van der Waals surface area contributed by atoms with Crippen molar-refractivity contribution in [2.75, 3.05) is 6.61 Å². The fourth-order valence-electron chi connectivity index (χ4n) is 0.923. The molecular formula is C7H13NO2. The lowest BCUT2D eigenvalue weighted by Crippen LogP contribution is -2.14. The highest BCUT2D eigenvalue weighted by Crippen LogP contribution is 2.14. The molecule has 0 aromatic rings. The van der Waals surface area contributed by atoms with Crippen molar-refractivity contribution in [3.63, 3.8) is 0 Å². The molecule has 0 saturated heterocycles. The predicted molar refractivity (Wildman–Crippen MR) is 38.8 cm³/mol. The van der Waals surface area contributed by atoms with Crippen LogP contribution >= 0.6 is 0 Å². The second-order valence-electron chi connectivity index (χ2n) is 2.79. The molecule has 2 unspecified atom stereocenters. The van der Waals surface area contributed by atoms with Gasteiger partial charge in [0.2, 0.25) is 0 Å². The summed E-state index contributed by atoms with van der Waals surface area (Å²) < 4.78 is 0. The Balaban J connectivity index is 2.43. The summed E-state index contributed by atoms with van der Waals surface area (Å²) in [6.45, 7) is 4.08. The zero-order valence-corrected chi connectivity index (χ0v) is 6.37. The van der Waals surface area contributed by atoms with Gasteiger partial charge in [-0.05, 0) is 6.92 Å². The Labute approximate surface area is 60.7 Å². The molecule has 0 bridgehead atoms. The van der Waals surface area contributed by atoms with Gasteiger partial charge in [-0.1, -0.05) is 12.1 Å². The number of aliphatic hydroxyl groups excluding tert-OH is 1. The first-order valence-corrected chi connectivity index (χ1v) is 3.57. The molecule has 0 aromatic heterocycles. The van der Waals surface area contributed by atoms with Gasteiger partial charge in [0.1, 0.15) is 6.10 Å². The van der Waals surface area contributed by atoms with Crippen LogP contribution in [-0.4, -0.2) is 23.5 Å². The van der Waals surface area contributed by atoms with Crippen molar-refractivity contribution in [3.05, 3.63) is 0 Å². The van der Waals surface area contributed by atoms with Crippen LogP contribution < -0.4 is 0 Å². The zero-order valence-electron chi connectivity index (χ0n) is 6.37. The van der Waals surface area contributed by atoms with Crippen LogP contribution in [-0.2, 0) is 4.84 Å². The molecule has 0 fully saturated rings. The number of oxime groups is 1. The Bertz CT molecular complexity index is 145. The smallest absolute Gasteiger partial charge is 0.130 e. The van der Waals surface area contributed by atoms with E-state index in [-0.39, 0.29) is 18.6 Å². The molecule has 1 heterocycles. The number of nitrogens with zero attached hydrogens (tertiary/aromatic N) is 1. The SMILES string of the molecule is CC1CC(C(C)CO)=NO1. The summed E-state index contributed by atoms with van der Waals surface area (Å²) in [5, 5.41) is 12.6. The van der Waals surface area contributed by atoms with E-state index in [9.17, 15) is 0 Å². The molecule has 0 saturated carbocycles. The van der Waals surface area contributed by atoms with Crippen LogP contribution in [0.2, 0.25) is 0 Å². The zero-order chi connectivity index (χ0) is 7.56. The maximum absolute atomic E-state index is 8.75. The third-order valence-corrected chi connectivity index (χ3v) is 1.69. The summed E-state index contributed by atoms with van der Waals surface area (Å²) >= 11 is 0. The monoisotopic (exact) mass is 143 g/mol. The highest BCUT2D eigenvalue weighted by atomic mass is 16.6. The van der Waals surface area contributed by atoms with E-state index in [0.717, 1.165) is 12.1 Å². The molecule has 1 N–H and O–H groups in total. The molecule has 1 rings (SSSR count). The summed E-state index contributed by atoms with van der Waals surface area (Å²) in [5.41, 5.74) is 0.981. The quantitative estimate of drug-likeness (QED) is 0.620. The van der Waals surface area contributed by atoms with E-state index in [1.807, 2.05) is 13.8 Å². The van der Waals surface area contributed by atoms with Gasteiger partial charge in [-0.25, -0.2) is 0 Å². The molecule has 2 atom stereocenters. The molecule has 0 amide bonds. The first-order chi connectivity index (χ1) is 4.74. The van der Waals surface area contributed by atoms with Gasteiger partial charge in [0.15, 0.2) is 0 Å². The Morgan fingerprint density at radius 3 is 3.00 bits per heavy atom. The van der Waals surface area contributed by atoms with Crippen molar-refractivity contribution in [2.45, 2.75) is 26.4 Å². The molecule has 0 spiro atoms. The van der Waals surface area contributed by atoms with Gasteiger partial charge in [-0.15, -0.1) is 0 Å². The molecule has 3 nitrogen and oxygen atoms in total. The van der Waals surface area contributed by atoms with Crippen molar-refractivity contribution in [1.82, 2.24) is 0 Å². The molecule has 0 radical (unpaired) electrons. The Hall–Kier alpha value is -0.570. The lowest BCUT2D eigenvalue weighted by atomic mass is 10.0. The van der Waals surface area contributed by atoms with Crippen LogP contribution in [0.5, 0.6) is 0 Å². The molecule has 0 aromatic carbocycles. The van der Waals surface area contributed by atoms with Crippen molar-refractivity contribution in [1.29, 1.82) is 0 Å². The van der Waals surface area contributed by atoms with E-state index in [0.29, 0.717) is 0 Å². The number of hydrogen-bond donors (Lipinski definition) is 1. The summed E-state index contributed by atoms with van der Waals surface area (Å²) in [7, 11) is 0. The summed E-state index contributed by atoms with van der Waals surface area (Å²) in [5.74, 6) is 0.157. The van der Waals surface area contributed by atoms with E-state index in [4.69, 9.17) is 9.94 Å². The average Bonchev–Trinajstić information content (AvgIpc) is 2.34. The van der Waals surface area contributed by atoms with Gasteiger partial charge in [0.05, 0.1) is 12.3 Å². The summed E-state index contributed by atoms with van der Waals surface area (Å²) in [4.78, 5) is 4.97. The average molecular weight is 143 g/mol. The Morgan fingerprint density at radius 1 is 1.90 bits per heavy atom. The minimum Gasteiger partial charge on any atom is -0.396 e. The normalized spacial score (nSPS) is 27.5. The van der Waals surface area contributed by atoms with Gasteiger partial charge < -0.3 is 9.94 Å². The van der Waals surface area contributed by atoms with Crippen LogP contribution in [0.1, 0.15) is 20.3 Å². The Kier molecular flexibility index (Phi) is 2.27. The summed E-state index contributed by atoms with van der Waals surface area (Å²) in [6.07, 6.45) is 1.06. The van der Waals surface area contributed by atoms with Crippen molar-refractivity contribution < 1.29 is 9.94 Å². The molecular weight excluding hydrogens is 130 g/mol. The fourth-order valence-corrected chi connectivity index (χ4v) is 0.923. The number of aliphatic hydroxyl groups is 1. The van der Waals surface area contributed by atoms with Gasteiger partial charge in [0.25, 0.3) is 0 Å². The van der Waals surface area contributed by atoms with Crippen molar-refractivity contribution >= 4 is 5.71 Å². The number of hydrogen-bond acceptors (Lipinski definition) is 3. The van der Waals surface area contributed by atoms with Crippen LogP contribution in [0.4, 0.5) is 0 Å². The lowest BCUT2D eigenvalue weighted by molar-refractivity contribution is 0.0994. The van der Waals surface area contributed by atoms with E-state index in [1.165, 1.54) is 0 Å². The second-order valence-corrected chi connectivity index (χ2v) is 2.79. The number of rotatable bonds is 2. The van der Waals surface area contributed by atoms with Gasteiger partial charge in [-0.2, -0.15) is 0 Å². The minimum absolute atomic E-state index is 0.157. The van der Waals surface area contributed by atoms with Crippen LogP contribution in [0.3, 0.4) is 0 Å². The molecule has 10 heavy (non-hydrogen) atoms. The second kappa shape index (κ2) is 3.01. The van der Waals surface area contributed by atoms with Crippen LogP contribution in [0, 0.1) is 5.92 Å². The molecule has 1 aliphatic rings. The standard InChI is InChI=1S/C7H13NO2/c1-5(4-9)7-3-6(2)10-8-7/h5-6,9H,3-4H2,1-2H3. The van der Waals surface area contributed by atoms with Crippen molar-refractivity contribution in [3.8, 4) is 0 Å². The lowest BCUT2D eigenvalue weighted by Gasteiger charge is -2.03. The molecule has 58 valence electrons. The highest BCUT2D eigenvalue weighted by Gasteiger charge is 2.20. The van der Waals surface area contributed by atoms with E-state index in [1.54, 1.807) is 0 Å². The van der Waals surface area contributed by atoms with Crippen molar-refractivity contribution in [2.24, 2.45) is 11.1 Å². The first kappa shape index (κ1) is 7.54. The maximum atomic E-state index is 8.75. The van der Waals surface area contributed by atoms with E-state index >= 15 is 0 Å². The van der Waals surface area contributed by atoms with Gasteiger partial charge in [-0.3, -0.25) is 0 Å². The topological polar surface area (TPSA) is 41.8 Å². The van der Waals surface area contributed by atoms with Gasteiger partial charge >= 0.3 is 0 Å². The molecule has 3 heteroatoms. The van der Waals surface area contributed by atoms with Crippen LogP contribution in [0.25, 0.3) is 0 Å². The maximum Gasteiger partial charge on any atom is 0.130 e. The predicted octanol–water partition coefficient (Wildman–Crippen LogP) is 0.780. The third-order valence-electron chi connectivity index (χ3n) is 1.69. The molecule has 1 aliphatic heterocycles. The van der Waals surface area contributed by atoms with E-state index in [2.05, 4.69) is 5.16 Å².